The SMILES string of the molecule is CCCC[n+]1ccccc1.[Cl][Al-]([Cl])([Cl])[Cl].[Cl][Al]([Cl])[Cl]. The Kier molecular flexibility index (Phi) is 18.7. The van der Waals surface area contributed by atoms with Crippen LogP contribution in [0.4, 0.5) is 0 Å². The van der Waals surface area contributed by atoms with Gasteiger partial charge >= 0.3 is 20.8 Å². The fourth-order valence-electron chi connectivity index (χ4n) is 0.924. The highest BCUT2D eigenvalue weighted by molar-refractivity contribution is 7.81. The van der Waals surface area contributed by atoms with Gasteiger partial charge in [0.2, 0.25) is 0 Å². The van der Waals surface area contributed by atoms with Crippen LogP contribution in [0.2, 0.25) is 0 Å². The van der Waals surface area contributed by atoms with Crippen LogP contribution in [0.25, 0.3) is 0 Å². The molecule has 0 atom stereocenters. The summed E-state index contributed by atoms with van der Waals surface area (Å²) in [5.41, 5.74) is 0. The van der Waals surface area contributed by atoms with Crippen LogP contribution in [-0.2, 0) is 6.54 Å². The van der Waals surface area contributed by atoms with Gasteiger partial charge in [-0.3, -0.25) is 0 Å². The second-order valence-electron chi connectivity index (χ2n) is 3.21. The molecule has 0 spiro atoms. The van der Waals surface area contributed by atoms with Gasteiger partial charge in [0.1, 0.15) is 6.54 Å². The highest BCUT2D eigenvalue weighted by atomic mass is 35.9. The molecule has 0 saturated carbocycles. The predicted molar refractivity (Wildman–Crippen MR) is 94.0 cm³/mol. The highest BCUT2D eigenvalue weighted by Crippen LogP contribution is 2.23. The summed E-state index contributed by atoms with van der Waals surface area (Å²) in [5.74, 6) is 0. The fourth-order valence-corrected chi connectivity index (χ4v) is 0.924. The zero-order chi connectivity index (χ0) is 15.3. The van der Waals surface area contributed by atoms with E-state index in [1.54, 1.807) is 0 Å². The molecule has 1 heterocycles. The van der Waals surface area contributed by atoms with Crippen LogP contribution < -0.4 is 4.57 Å². The molecule has 0 unspecified atom stereocenters. The normalized spacial score (nSPS) is 9.68. The van der Waals surface area contributed by atoms with E-state index in [2.05, 4.69) is 36.0 Å². The minimum atomic E-state index is -2.94. The van der Waals surface area contributed by atoms with Crippen LogP contribution in [0.5, 0.6) is 0 Å². The number of pyridine rings is 1. The molecular weight excluding hydrogens is 424 g/mol. The van der Waals surface area contributed by atoms with Crippen LogP contribution in [-0.4, -0.2) is 20.8 Å². The van der Waals surface area contributed by atoms with Crippen molar-refractivity contribution in [3.63, 3.8) is 0 Å². The van der Waals surface area contributed by atoms with Crippen LogP contribution in [0, 0.1) is 0 Å². The lowest BCUT2D eigenvalue weighted by atomic mass is 10.3. The van der Waals surface area contributed by atoms with Crippen molar-refractivity contribution in [1.82, 2.24) is 0 Å². The van der Waals surface area contributed by atoms with Gasteiger partial charge in [-0.25, -0.2) is 34.7 Å². The predicted octanol–water partition coefficient (Wildman–Crippen LogP) is 5.84. The van der Waals surface area contributed by atoms with Gasteiger partial charge < -0.3 is 40.2 Å². The largest absolute Gasteiger partial charge is 0.643 e. The maximum absolute atomic E-state index is 4.99. The molecule has 1 nitrogen and oxygen atoms in total. The fraction of sp³-hybridized carbons (Fsp3) is 0.444. The van der Waals surface area contributed by atoms with Crippen LogP contribution in [0.15, 0.2) is 30.6 Å². The number of hydrogen-bond acceptors (Lipinski definition) is 0. The Morgan fingerprint density at radius 3 is 1.63 bits per heavy atom. The molecule has 0 aliphatic carbocycles. The summed E-state index contributed by atoms with van der Waals surface area (Å²) in [6.07, 6.45) is 6.75. The maximum Gasteiger partial charge on any atom is 0.643 e. The number of nitrogens with zero attached hydrogens (tertiary/aromatic N) is 1. The minimum absolute atomic E-state index is 1.15. The molecule has 0 saturated heterocycles. The Balaban J connectivity index is 0. The van der Waals surface area contributed by atoms with E-state index in [-0.39, 0.29) is 0 Å². The lowest BCUT2D eigenvalue weighted by Gasteiger charge is -1.97. The summed E-state index contributed by atoms with van der Waals surface area (Å²) < 4.78 is 2.21. The van der Waals surface area contributed by atoms with Crippen molar-refractivity contribution >= 4 is 91.1 Å². The summed E-state index contributed by atoms with van der Waals surface area (Å²) in [6.45, 7) is 3.36. The lowest BCUT2D eigenvalue weighted by Crippen LogP contribution is -2.31. The third kappa shape index (κ3) is 33.2. The standard InChI is InChI=1S/C9H14N.2Al.7ClH/c1-2-3-7-10-8-5-4-6-9-10;;;;;;;;;/h4-6,8-9H,2-3,7H2,1H3;;;7*1H/q+1;2*+3;;;;;;;/p-7. The number of halogens is 7. The Morgan fingerprint density at radius 2 is 1.32 bits per heavy atom. The molecular formula is C9H14Al2Cl7N. The Bertz CT molecular complexity index is 286. The number of aryl methyl sites for hydroxylation is 1. The van der Waals surface area contributed by atoms with Crippen LogP contribution in [0.1, 0.15) is 19.8 Å². The van der Waals surface area contributed by atoms with Crippen LogP contribution in [0.3, 0.4) is 0 Å². The molecule has 0 radical (unpaired) electrons. The topological polar surface area (TPSA) is 3.88 Å². The van der Waals surface area contributed by atoms with E-state index in [1.165, 1.54) is 12.8 Å². The molecule has 0 amide bonds. The van der Waals surface area contributed by atoms with Gasteiger partial charge in [-0.15, -0.1) is 0 Å². The molecule has 19 heavy (non-hydrogen) atoms. The van der Waals surface area contributed by atoms with Gasteiger partial charge in [0.05, 0.1) is 0 Å². The van der Waals surface area contributed by atoms with E-state index in [1.807, 2.05) is 6.07 Å². The lowest BCUT2D eigenvalue weighted by molar-refractivity contribution is -0.697. The third-order valence-electron chi connectivity index (χ3n) is 1.55. The van der Waals surface area contributed by atoms with E-state index in [0.29, 0.717) is 0 Å². The molecule has 10 heteroatoms. The molecule has 0 aliphatic rings. The molecule has 0 N–H and O–H groups in total. The molecule has 0 aliphatic heterocycles. The van der Waals surface area contributed by atoms with E-state index in [0.717, 1.165) is 6.54 Å². The number of aromatic nitrogens is 1. The quantitative estimate of drug-likeness (QED) is 0.413. The first kappa shape index (κ1) is 23.5. The molecule has 1 aromatic heterocycles. The van der Waals surface area contributed by atoms with E-state index in [4.69, 9.17) is 70.3 Å². The second kappa shape index (κ2) is 15.2. The first-order valence-corrected chi connectivity index (χ1v) is 17.6. The monoisotopic (exact) mass is 435 g/mol. The molecule has 0 aromatic carbocycles. The summed E-state index contributed by atoms with van der Waals surface area (Å²) in [4.78, 5) is 0. The number of rotatable bonds is 3. The van der Waals surface area contributed by atoms with Gasteiger partial charge in [-0.2, -0.15) is 0 Å². The minimum Gasteiger partial charge on any atom is -0.391 e. The summed E-state index contributed by atoms with van der Waals surface area (Å²) in [6, 6.07) is 6.17. The summed E-state index contributed by atoms with van der Waals surface area (Å²) >= 11 is -1.72. The summed E-state index contributed by atoms with van der Waals surface area (Å²) in [5, 5.41) is 0. The smallest absolute Gasteiger partial charge is 0.391 e. The Hall–Kier alpha value is 2.24. The van der Waals surface area contributed by atoms with E-state index >= 15 is 0 Å². The molecule has 1 rings (SSSR count). The first-order chi connectivity index (χ1) is 8.66. The average Bonchev–Trinajstić information content (AvgIpc) is 2.25. The maximum atomic E-state index is 4.99. The zero-order valence-corrected chi connectivity index (χ0v) is 17.9. The van der Waals surface area contributed by atoms with Crippen molar-refractivity contribution in [2.24, 2.45) is 0 Å². The van der Waals surface area contributed by atoms with Gasteiger partial charge in [-0.1, -0.05) is 19.4 Å². The van der Waals surface area contributed by atoms with Crippen molar-refractivity contribution in [3.8, 4) is 0 Å². The van der Waals surface area contributed by atoms with Gasteiger partial charge in [0.25, 0.3) is 0 Å². The van der Waals surface area contributed by atoms with Gasteiger partial charge in [0, 0.05) is 18.6 Å². The second-order valence-corrected chi connectivity index (χ2v) is 22.5. The molecule has 0 fully saturated rings. The van der Waals surface area contributed by atoms with Crippen molar-refractivity contribution in [1.29, 1.82) is 0 Å². The molecule has 1 aromatic rings. The van der Waals surface area contributed by atoms with Crippen molar-refractivity contribution in [3.05, 3.63) is 30.6 Å². The highest BCUT2D eigenvalue weighted by Gasteiger charge is 2.14. The average molecular weight is 438 g/mol. The zero-order valence-electron chi connectivity index (χ0n) is 10.3. The summed E-state index contributed by atoms with van der Waals surface area (Å²) in [7, 11) is 31.9. The number of hydrogen-bond donors (Lipinski definition) is 0. The van der Waals surface area contributed by atoms with E-state index in [9.17, 15) is 0 Å². The van der Waals surface area contributed by atoms with E-state index < -0.39 is 20.8 Å². The van der Waals surface area contributed by atoms with Gasteiger partial charge in [-0.05, 0) is 0 Å². The van der Waals surface area contributed by atoms with Crippen LogP contribution >= 0.6 is 70.3 Å². The third-order valence-corrected chi connectivity index (χ3v) is 1.55. The van der Waals surface area contributed by atoms with Gasteiger partial charge in [0.15, 0.2) is 12.4 Å². The van der Waals surface area contributed by atoms with Crippen molar-refractivity contribution in [2.75, 3.05) is 0 Å². The molecule has 110 valence electrons. The Labute approximate surface area is 151 Å². The number of unbranched alkanes of at least 4 members (excludes halogenated alkanes) is 1. The van der Waals surface area contributed by atoms with Crippen molar-refractivity contribution < 1.29 is 4.57 Å². The molecule has 0 bridgehead atoms. The Morgan fingerprint density at radius 1 is 0.947 bits per heavy atom. The first-order valence-electron chi connectivity index (χ1n) is 5.40. The van der Waals surface area contributed by atoms with Crippen molar-refractivity contribution in [2.45, 2.75) is 26.3 Å².